The third kappa shape index (κ3) is 15.0. The van der Waals surface area contributed by atoms with Gasteiger partial charge in [0.05, 0.1) is 6.04 Å². The summed E-state index contributed by atoms with van der Waals surface area (Å²) in [6, 6.07) is -0.300. The Morgan fingerprint density at radius 1 is 0.750 bits per heavy atom. The quantitative estimate of drug-likeness (QED) is 0.204. The summed E-state index contributed by atoms with van der Waals surface area (Å²) in [5.41, 5.74) is 5.65. The minimum atomic E-state index is -0.300. The maximum atomic E-state index is 13.2. The molecule has 0 saturated heterocycles. The van der Waals surface area contributed by atoms with E-state index in [1.54, 1.807) is 0 Å². The highest BCUT2D eigenvalue weighted by Gasteiger charge is 2.27. The molecular weight excluding hydrogens is 396 g/mol. The van der Waals surface area contributed by atoms with E-state index >= 15 is 0 Å². The average Bonchev–Trinajstić information content (AvgIpc) is 2.76. The molecule has 1 aliphatic carbocycles. The van der Waals surface area contributed by atoms with Crippen molar-refractivity contribution in [2.24, 2.45) is 11.7 Å². The van der Waals surface area contributed by atoms with E-state index in [1.807, 2.05) is 0 Å². The van der Waals surface area contributed by atoms with Crippen LogP contribution in [0.3, 0.4) is 0 Å². The van der Waals surface area contributed by atoms with Crippen LogP contribution in [-0.4, -0.2) is 24.3 Å². The first kappa shape index (κ1) is 29.1. The molecule has 32 heavy (non-hydrogen) atoms. The molecule has 1 saturated carbocycles. The molecule has 188 valence electrons. The van der Waals surface area contributed by atoms with Crippen LogP contribution < -0.4 is 11.1 Å². The molecule has 1 fully saturated rings. The molecule has 0 aromatic carbocycles. The molecule has 0 bridgehead atoms. The Labute approximate surface area is 199 Å². The SMILES string of the molecule is CCCCCCCCCCCCCC(=O)NC(CCCCN)C(=O)C1CCCCCCC1. The number of ketones is 1. The van der Waals surface area contributed by atoms with Crippen LogP contribution in [0, 0.1) is 5.92 Å². The Morgan fingerprint density at radius 3 is 1.84 bits per heavy atom. The van der Waals surface area contributed by atoms with Crippen molar-refractivity contribution in [3.05, 3.63) is 0 Å². The highest BCUT2D eigenvalue weighted by Crippen LogP contribution is 2.25. The van der Waals surface area contributed by atoms with Gasteiger partial charge in [-0.15, -0.1) is 0 Å². The number of carbonyl (C=O) groups is 2. The van der Waals surface area contributed by atoms with Gasteiger partial charge in [-0.3, -0.25) is 9.59 Å². The standard InChI is InChI=1S/C28H54N2O2/c1-2-3-4-5-6-7-8-9-10-14-17-23-27(31)30-26(22-18-19-24-29)28(32)25-20-15-12-11-13-16-21-25/h25-26H,2-24,29H2,1H3,(H,30,31). The van der Waals surface area contributed by atoms with Gasteiger partial charge >= 0.3 is 0 Å². The second kappa shape index (κ2) is 20.7. The lowest BCUT2D eigenvalue weighted by molar-refractivity contribution is -0.130. The van der Waals surface area contributed by atoms with Crippen LogP contribution in [0.1, 0.15) is 148 Å². The number of hydrogen-bond acceptors (Lipinski definition) is 3. The fourth-order valence-corrected chi connectivity index (χ4v) is 5.02. The Bertz CT molecular complexity index is 458. The van der Waals surface area contributed by atoms with E-state index in [0.717, 1.165) is 57.8 Å². The summed E-state index contributed by atoms with van der Waals surface area (Å²) in [6.07, 6.45) is 25.3. The van der Waals surface area contributed by atoms with Crippen molar-refractivity contribution >= 4 is 11.7 Å². The van der Waals surface area contributed by atoms with E-state index in [-0.39, 0.29) is 23.7 Å². The first-order valence-electron chi connectivity index (χ1n) is 14.2. The molecule has 0 radical (unpaired) electrons. The predicted molar refractivity (Wildman–Crippen MR) is 137 cm³/mol. The van der Waals surface area contributed by atoms with Gasteiger partial charge in [-0.25, -0.2) is 0 Å². The lowest BCUT2D eigenvalue weighted by atomic mass is 9.84. The van der Waals surface area contributed by atoms with E-state index in [9.17, 15) is 9.59 Å². The minimum Gasteiger partial charge on any atom is -0.346 e. The number of nitrogens with two attached hydrogens (primary N) is 1. The van der Waals surface area contributed by atoms with Crippen molar-refractivity contribution in [1.82, 2.24) is 5.32 Å². The van der Waals surface area contributed by atoms with Crippen LogP contribution in [0.4, 0.5) is 0 Å². The summed E-state index contributed by atoms with van der Waals surface area (Å²) < 4.78 is 0. The van der Waals surface area contributed by atoms with E-state index in [2.05, 4.69) is 12.2 Å². The monoisotopic (exact) mass is 450 g/mol. The molecule has 1 amide bonds. The van der Waals surface area contributed by atoms with Crippen LogP contribution in [-0.2, 0) is 9.59 Å². The zero-order valence-corrected chi connectivity index (χ0v) is 21.3. The summed E-state index contributed by atoms with van der Waals surface area (Å²) in [4.78, 5) is 25.8. The fraction of sp³-hybridized carbons (Fsp3) is 0.929. The second-order valence-electron chi connectivity index (χ2n) is 10.1. The summed E-state index contributed by atoms with van der Waals surface area (Å²) in [7, 11) is 0. The Kier molecular flexibility index (Phi) is 18.8. The van der Waals surface area contributed by atoms with Gasteiger partial charge in [-0.1, -0.05) is 103 Å². The van der Waals surface area contributed by atoms with Gasteiger partial charge in [-0.05, 0) is 45.1 Å². The van der Waals surface area contributed by atoms with Crippen molar-refractivity contribution in [3.8, 4) is 0 Å². The molecule has 1 rings (SSSR count). The normalized spacial score (nSPS) is 16.3. The first-order chi connectivity index (χ1) is 15.7. The number of unbranched alkanes of at least 4 members (excludes halogenated alkanes) is 11. The van der Waals surface area contributed by atoms with Gasteiger partial charge in [0, 0.05) is 12.3 Å². The predicted octanol–water partition coefficient (Wildman–Crippen LogP) is 7.23. The average molecular weight is 451 g/mol. The van der Waals surface area contributed by atoms with E-state index in [4.69, 9.17) is 5.73 Å². The maximum absolute atomic E-state index is 13.2. The lowest BCUT2D eigenvalue weighted by Crippen LogP contribution is -2.43. The van der Waals surface area contributed by atoms with E-state index < -0.39 is 0 Å². The van der Waals surface area contributed by atoms with Crippen LogP contribution in [0.15, 0.2) is 0 Å². The molecular formula is C28H54N2O2. The number of carbonyl (C=O) groups excluding carboxylic acids is 2. The summed E-state index contributed by atoms with van der Waals surface area (Å²) in [5.74, 6) is 0.495. The second-order valence-corrected chi connectivity index (χ2v) is 10.1. The van der Waals surface area contributed by atoms with E-state index in [0.29, 0.717) is 13.0 Å². The van der Waals surface area contributed by atoms with Crippen molar-refractivity contribution in [1.29, 1.82) is 0 Å². The minimum absolute atomic E-state index is 0.0675. The van der Waals surface area contributed by atoms with Gasteiger partial charge in [-0.2, -0.15) is 0 Å². The lowest BCUT2D eigenvalue weighted by Gasteiger charge is -2.25. The van der Waals surface area contributed by atoms with Gasteiger partial charge in [0.15, 0.2) is 5.78 Å². The van der Waals surface area contributed by atoms with E-state index in [1.165, 1.54) is 77.0 Å². The summed E-state index contributed by atoms with van der Waals surface area (Å²) in [6.45, 7) is 2.91. The molecule has 1 aliphatic rings. The molecule has 0 aromatic rings. The molecule has 4 heteroatoms. The zero-order valence-electron chi connectivity index (χ0n) is 21.3. The van der Waals surface area contributed by atoms with Crippen molar-refractivity contribution in [3.63, 3.8) is 0 Å². The molecule has 0 spiro atoms. The molecule has 3 N–H and O–H groups in total. The van der Waals surface area contributed by atoms with Gasteiger partial charge in [0.2, 0.25) is 5.91 Å². The third-order valence-corrected chi connectivity index (χ3v) is 7.14. The Morgan fingerprint density at radius 2 is 1.28 bits per heavy atom. The largest absolute Gasteiger partial charge is 0.346 e. The molecule has 0 aliphatic heterocycles. The van der Waals surface area contributed by atoms with Crippen LogP contribution in [0.2, 0.25) is 0 Å². The third-order valence-electron chi connectivity index (χ3n) is 7.14. The van der Waals surface area contributed by atoms with Crippen molar-refractivity contribution < 1.29 is 9.59 Å². The van der Waals surface area contributed by atoms with Crippen molar-refractivity contribution in [2.75, 3.05) is 6.54 Å². The van der Waals surface area contributed by atoms with Crippen LogP contribution in [0.25, 0.3) is 0 Å². The van der Waals surface area contributed by atoms with Gasteiger partial charge in [0.25, 0.3) is 0 Å². The van der Waals surface area contributed by atoms with Crippen LogP contribution >= 0.6 is 0 Å². The maximum Gasteiger partial charge on any atom is 0.220 e. The smallest absolute Gasteiger partial charge is 0.220 e. The Balaban J connectivity index is 2.25. The molecule has 0 heterocycles. The number of nitrogens with one attached hydrogen (secondary N) is 1. The number of hydrogen-bond donors (Lipinski definition) is 2. The Hall–Kier alpha value is -0.900. The topological polar surface area (TPSA) is 72.2 Å². The number of amides is 1. The van der Waals surface area contributed by atoms with Gasteiger partial charge in [0.1, 0.15) is 0 Å². The number of rotatable bonds is 19. The zero-order chi connectivity index (χ0) is 23.3. The molecule has 0 aromatic heterocycles. The first-order valence-corrected chi connectivity index (χ1v) is 14.2. The van der Waals surface area contributed by atoms with Crippen molar-refractivity contribution in [2.45, 2.75) is 154 Å². The van der Waals surface area contributed by atoms with Crippen LogP contribution in [0.5, 0.6) is 0 Å². The summed E-state index contributed by atoms with van der Waals surface area (Å²) in [5, 5.41) is 3.12. The highest BCUT2D eigenvalue weighted by molar-refractivity contribution is 5.90. The molecule has 1 atom stereocenters. The number of Topliss-reactive ketones (excluding diaryl/α,β-unsaturated/α-hetero) is 1. The molecule has 4 nitrogen and oxygen atoms in total. The molecule has 1 unspecified atom stereocenters. The highest BCUT2D eigenvalue weighted by atomic mass is 16.2. The van der Waals surface area contributed by atoms with Gasteiger partial charge < -0.3 is 11.1 Å². The fourth-order valence-electron chi connectivity index (χ4n) is 5.02. The summed E-state index contributed by atoms with van der Waals surface area (Å²) >= 11 is 0.